The highest BCUT2D eigenvalue weighted by Gasteiger charge is 2.14. The van der Waals surface area contributed by atoms with Crippen LogP contribution in [0.25, 0.3) is 10.6 Å². The molecule has 1 aromatic heterocycles. The van der Waals surface area contributed by atoms with Gasteiger partial charge in [-0.1, -0.05) is 0 Å². The third-order valence-electron chi connectivity index (χ3n) is 3.60. The van der Waals surface area contributed by atoms with Crippen LogP contribution in [0, 0.1) is 5.82 Å². The number of nitrogens with one attached hydrogen (secondary N) is 2. The highest BCUT2D eigenvalue weighted by Crippen LogP contribution is 2.29. The zero-order chi connectivity index (χ0) is 19.4. The SMILES string of the molecule is COc1cc(NC(=O)c2csc(-c3ccc(F)cc3)n2)ccc1NC(C)=O. The van der Waals surface area contributed by atoms with Gasteiger partial charge >= 0.3 is 0 Å². The number of aromatic nitrogens is 1. The maximum Gasteiger partial charge on any atom is 0.275 e. The second-order valence-corrected chi connectivity index (χ2v) is 6.45. The van der Waals surface area contributed by atoms with Crippen molar-refractivity contribution < 1.29 is 18.7 Å². The van der Waals surface area contributed by atoms with E-state index in [1.165, 1.54) is 37.5 Å². The van der Waals surface area contributed by atoms with Crippen LogP contribution in [-0.4, -0.2) is 23.9 Å². The summed E-state index contributed by atoms with van der Waals surface area (Å²) in [5.41, 5.74) is 2.00. The first-order valence-corrected chi connectivity index (χ1v) is 8.82. The number of amides is 2. The fraction of sp³-hybridized carbons (Fsp3) is 0.105. The number of ether oxygens (including phenoxy) is 1. The molecule has 2 N–H and O–H groups in total. The Morgan fingerprint density at radius 2 is 1.85 bits per heavy atom. The largest absolute Gasteiger partial charge is 0.494 e. The van der Waals surface area contributed by atoms with Gasteiger partial charge in [-0.15, -0.1) is 11.3 Å². The van der Waals surface area contributed by atoms with Gasteiger partial charge in [-0.25, -0.2) is 9.37 Å². The third-order valence-corrected chi connectivity index (χ3v) is 4.49. The molecule has 8 heteroatoms. The summed E-state index contributed by atoms with van der Waals surface area (Å²) in [6, 6.07) is 10.8. The molecular formula is C19H16FN3O3S. The summed E-state index contributed by atoms with van der Waals surface area (Å²) in [4.78, 5) is 27.9. The summed E-state index contributed by atoms with van der Waals surface area (Å²) in [7, 11) is 1.47. The van der Waals surface area contributed by atoms with Crippen LogP contribution in [0.1, 0.15) is 17.4 Å². The van der Waals surface area contributed by atoms with Crippen molar-refractivity contribution in [1.29, 1.82) is 0 Å². The number of rotatable bonds is 5. The van der Waals surface area contributed by atoms with Crippen LogP contribution in [0.15, 0.2) is 47.8 Å². The van der Waals surface area contributed by atoms with E-state index in [2.05, 4.69) is 15.6 Å². The Kier molecular flexibility index (Phi) is 5.46. The van der Waals surface area contributed by atoms with E-state index in [1.807, 2.05) is 0 Å². The predicted molar refractivity (Wildman–Crippen MR) is 103 cm³/mol. The minimum absolute atomic E-state index is 0.221. The Hall–Kier alpha value is -3.26. The van der Waals surface area contributed by atoms with Gasteiger partial charge in [0.15, 0.2) is 0 Å². The number of methoxy groups -OCH3 is 1. The molecule has 2 amide bonds. The van der Waals surface area contributed by atoms with Gasteiger partial charge in [0.2, 0.25) is 5.91 Å². The molecule has 2 aromatic carbocycles. The van der Waals surface area contributed by atoms with Gasteiger partial charge in [0.25, 0.3) is 5.91 Å². The molecule has 3 rings (SSSR count). The standard InChI is InChI=1S/C19H16FN3O3S/c1-11(24)21-15-8-7-14(9-17(15)26-2)22-18(25)16-10-27-19(23-16)12-3-5-13(20)6-4-12/h3-10H,1-2H3,(H,21,24)(H,22,25). The summed E-state index contributed by atoms with van der Waals surface area (Å²) in [5, 5.41) is 7.65. The van der Waals surface area contributed by atoms with Gasteiger partial charge in [-0.3, -0.25) is 9.59 Å². The van der Waals surface area contributed by atoms with Crippen molar-refractivity contribution in [3.8, 4) is 16.3 Å². The summed E-state index contributed by atoms with van der Waals surface area (Å²) >= 11 is 1.30. The lowest BCUT2D eigenvalue weighted by atomic mass is 10.2. The van der Waals surface area contributed by atoms with Gasteiger partial charge < -0.3 is 15.4 Å². The number of hydrogen-bond donors (Lipinski definition) is 2. The average Bonchev–Trinajstić information content (AvgIpc) is 3.13. The normalized spacial score (nSPS) is 10.3. The average molecular weight is 385 g/mol. The maximum absolute atomic E-state index is 13.0. The van der Waals surface area contributed by atoms with Crippen molar-refractivity contribution in [2.75, 3.05) is 17.7 Å². The fourth-order valence-corrected chi connectivity index (χ4v) is 3.17. The number of hydrogen-bond acceptors (Lipinski definition) is 5. The van der Waals surface area contributed by atoms with E-state index in [0.29, 0.717) is 22.1 Å². The molecule has 1 heterocycles. The van der Waals surface area contributed by atoms with Crippen molar-refractivity contribution in [1.82, 2.24) is 4.98 Å². The monoisotopic (exact) mass is 385 g/mol. The van der Waals surface area contributed by atoms with Crippen molar-refractivity contribution in [2.24, 2.45) is 0 Å². The van der Waals surface area contributed by atoms with Crippen LogP contribution < -0.4 is 15.4 Å². The second-order valence-electron chi connectivity index (χ2n) is 5.60. The molecule has 0 saturated heterocycles. The molecule has 0 unspecified atom stereocenters. The van der Waals surface area contributed by atoms with Crippen molar-refractivity contribution in [2.45, 2.75) is 6.92 Å². The predicted octanol–water partition coefficient (Wildman–Crippen LogP) is 4.17. The van der Waals surface area contributed by atoms with E-state index < -0.39 is 0 Å². The molecule has 27 heavy (non-hydrogen) atoms. The summed E-state index contributed by atoms with van der Waals surface area (Å²) in [6.45, 7) is 1.40. The zero-order valence-electron chi connectivity index (χ0n) is 14.6. The lowest BCUT2D eigenvalue weighted by Gasteiger charge is -2.11. The van der Waals surface area contributed by atoms with Crippen LogP contribution in [0.2, 0.25) is 0 Å². The molecule has 0 fully saturated rings. The first-order valence-electron chi connectivity index (χ1n) is 7.94. The van der Waals surface area contributed by atoms with E-state index >= 15 is 0 Å². The molecule has 0 radical (unpaired) electrons. The molecule has 6 nitrogen and oxygen atoms in total. The van der Waals surface area contributed by atoms with Crippen molar-refractivity contribution in [3.05, 3.63) is 59.4 Å². The maximum atomic E-state index is 13.0. The molecular weight excluding hydrogens is 369 g/mol. The molecule has 138 valence electrons. The van der Waals surface area contributed by atoms with Crippen LogP contribution in [0.3, 0.4) is 0 Å². The number of benzene rings is 2. The first-order chi connectivity index (χ1) is 13.0. The Balaban J connectivity index is 1.75. The van der Waals surface area contributed by atoms with Gasteiger partial charge in [0.05, 0.1) is 12.8 Å². The molecule has 0 aliphatic heterocycles. The molecule has 0 spiro atoms. The molecule has 0 saturated carbocycles. The van der Waals surface area contributed by atoms with Crippen molar-refractivity contribution in [3.63, 3.8) is 0 Å². The van der Waals surface area contributed by atoms with Gasteiger partial charge in [0.1, 0.15) is 22.3 Å². The smallest absolute Gasteiger partial charge is 0.275 e. The highest BCUT2D eigenvalue weighted by molar-refractivity contribution is 7.13. The summed E-state index contributed by atoms with van der Waals surface area (Å²) in [6.07, 6.45) is 0. The van der Waals surface area contributed by atoms with E-state index in [9.17, 15) is 14.0 Å². The van der Waals surface area contributed by atoms with E-state index in [0.717, 1.165) is 5.56 Å². The van der Waals surface area contributed by atoms with Crippen molar-refractivity contribution >= 4 is 34.5 Å². The summed E-state index contributed by atoms with van der Waals surface area (Å²) in [5.74, 6) is -0.506. The third kappa shape index (κ3) is 4.48. The Morgan fingerprint density at radius 3 is 2.52 bits per heavy atom. The lowest BCUT2D eigenvalue weighted by molar-refractivity contribution is -0.114. The van der Waals surface area contributed by atoms with E-state index in [4.69, 9.17) is 4.74 Å². The minimum atomic E-state index is -0.381. The lowest BCUT2D eigenvalue weighted by Crippen LogP contribution is -2.13. The van der Waals surface area contributed by atoms with Crippen LogP contribution >= 0.6 is 11.3 Å². The summed E-state index contributed by atoms with van der Waals surface area (Å²) < 4.78 is 18.3. The molecule has 3 aromatic rings. The number of thiazole rings is 1. The topological polar surface area (TPSA) is 80.3 Å². The number of carbonyl (C=O) groups excluding carboxylic acids is 2. The van der Waals surface area contributed by atoms with Crippen LogP contribution in [0.5, 0.6) is 5.75 Å². The number of anilines is 2. The molecule has 0 bridgehead atoms. The molecule has 0 aliphatic carbocycles. The molecule has 0 atom stereocenters. The second kappa shape index (κ2) is 7.96. The molecule has 0 aliphatic rings. The number of halogens is 1. The van der Waals surface area contributed by atoms with Gasteiger partial charge in [0, 0.05) is 29.6 Å². The quantitative estimate of drug-likeness (QED) is 0.691. The fourth-order valence-electron chi connectivity index (χ4n) is 2.36. The first kappa shape index (κ1) is 18.5. The Morgan fingerprint density at radius 1 is 1.11 bits per heavy atom. The number of nitrogens with zero attached hydrogens (tertiary/aromatic N) is 1. The van der Waals surface area contributed by atoms with Gasteiger partial charge in [-0.05, 0) is 36.4 Å². The van der Waals surface area contributed by atoms with Gasteiger partial charge in [-0.2, -0.15) is 0 Å². The van der Waals surface area contributed by atoms with E-state index in [1.54, 1.807) is 35.7 Å². The van der Waals surface area contributed by atoms with Crippen LogP contribution in [0.4, 0.5) is 15.8 Å². The van der Waals surface area contributed by atoms with E-state index in [-0.39, 0.29) is 23.3 Å². The zero-order valence-corrected chi connectivity index (χ0v) is 15.4. The Labute approximate surface area is 159 Å². The highest BCUT2D eigenvalue weighted by atomic mass is 32.1. The minimum Gasteiger partial charge on any atom is -0.494 e. The Bertz CT molecular complexity index is 986. The number of carbonyl (C=O) groups is 2. The van der Waals surface area contributed by atoms with Crippen LogP contribution in [-0.2, 0) is 4.79 Å².